The maximum Gasteiger partial charge on any atom is 0.321 e. The SMILES string of the molecule is COc1ncc(NC(=O)N2CC[C@H](c3ccccc3)C2)cc1C(N)=O. The van der Waals surface area contributed by atoms with Crippen molar-refractivity contribution in [3.63, 3.8) is 0 Å². The zero-order valence-corrected chi connectivity index (χ0v) is 13.9. The number of hydrogen-bond acceptors (Lipinski definition) is 4. The number of likely N-dealkylation sites (tertiary alicyclic amines) is 1. The Morgan fingerprint density at radius 3 is 2.76 bits per heavy atom. The van der Waals surface area contributed by atoms with Gasteiger partial charge in [0, 0.05) is 19.0 Å². The van der Waals surface area contributed by atoms with Crippen LogP contribution in [0, 0.1) is 0 Å². The quantitative estimate of drug-likeness (QED) is 0.891. The molecule has 0 saturated carbocycles. The fourth-order valence-electron chi connectivity index (χ4n) is 3.00. The van der Waals surface area contributed by atoms with Gasteiger partial charge in [0.05, 0.1) is 19.0 Å². The molecule has 2 aromatic rings. The van der Waals surface area contributed by atoms with Crippen molar-refractivity contribution in [3.8, 4) is 5.88 Å². The van der Waals surface area contributed by atoms with Gasteiger partial charge in [0.1, 0.15) is 5.56 Å². The number of ether oxygens (including phenoxy) is 1. The molecular weight excluding hydrogens is 320 g/mol. The summed E-state index contributed by atoms with van der Waals surface area (Å²) in [6.07, 6.45) is 2.36. The Morgan fingerprint density at radius 1 is 1.32 bits per heavy atom. The Hall–Kier alpha value is -3.09. The zero-order valence-electron chi connectivity index (χ0n) is 13.9. The van der Waals surface area contributed by atoms with E-state index in [4.69, 9.17) is 10.5 Å². The highest BCUT2D eigenvalue weighted by Gasteiger charge is 2.27. The molecule has 1 aromatic heterocycles. The number of primary amides is 1. The molecule has 2 heterocycles. The van der Waals surface area contributed by atoms with Crippen molar-refractivity contribution in [2.45, 2.75) is 12.3 Å². The van der Waals surface area contributed by atoms with Crippen molar-refractivity contribution in [3.05, 3.63) is 53.7 Å². The molecule has 3 rings (SSSR count). The highest BCUT2D eigenvalue weighted by molar-refractivity contribution is 5.97. The molecule has 1 fully saturated rings. The van der Waals surface area contributed by atoms with Crippen LogP contribution in [0.25, 0.3) is 0 Å². The van der Waals surface area contributed by atoms with Crippen LogP contribution in [-0.2, 0) is 0 Å². The number of anilines is 1. The van der Waals surface area contributed by atoms with Crippen molar-refractivity contribution in [2.24, 2.45) is 5.73 Å². The van der Waals surface area contributed by atoms with Crippen LogP contribution in [0.3, 0.4) is 0 Å². The smallest absolute Gasteiger partial charge is 0.321 e. The molecule has 1 aliphatic heterocycles. The number of nitrogens with two attached hydrogens (primary N) is 1. The standard InChI is InChI=1S/C18H20N4O3/c1-25-17-15(16(19)23)9-14(10-20-17)21-18(24)22-8-7-13(11-22)12-5-3-2-4-6-12/h2-6,9-10,13H,7-8,11H2,1H3,(H2,19,23)(H,21,24)/t13-/m0/s1. The number of nitrogens with zero attached hydrogens (tertiary/aromatic N) is 2. The largest absolute Gasteiger partial charge is 0.480 e. The van der Waals surface area contributed by atoms with Crippen LogP contribution in [0.1, 0.15) is 28.3 Å². The van der Waals surface area contributed by atoms with Crippen molar-refractivity contribution in [1.29, 1.82) is 0 Å². The number of benzene rings is 1. The summed E-state index contributed by atoms with van der Waals surface area (Å²) in [7, 11) is 1.40. The van der Waals surface area contributed by atoms with Crippen molar-refractivity contribution >= 4 is 17.6 Å². The lowest BCUT2D eigenvalue weighted by Crippen LogP contribution is -2.33. The van der Waals surface area contributed by atoms with Crippen molar-refractivity contribution < 1.29 is 14.3 Å². The van der Waals surface area contributed by atoms with Gasteiger partial charge in [-0.15, -0.1) is 0 Å². The van der Waals surface area contributed by atoms with Gasteiger partial charge in [-0.2, -0.15) is 0 Å². The number of carbonyl (C=O) groups is 2. The molecule has 0 radical (unpaired) electrons. The van der Waals surface area contributed by atoms with E-state index in [1.807, 2.05) is 18.2 Å². The number of methoxy groups -OCH3 is 1. The number of aromatic nitrogens is 1. The Labute approximate surface area is 145 Å². The number of pyridine rings is 1. The van der Waals surface area contributed by atoms with Gasteiger partial charge in [-0.25, -0.2) is 9.78 Å². The van der Waals surface area contributed by atoms with E-state index in [-0.39, 0.29) is 17.5 Å². The number of nitrogens with one attached hydrogen (secondary N) is 1. The van der Waals surface area contributed by atoms with Gasteiger partial charge in [0.2, 0.25) is 5.88 Å². The van der Waals surface area contributed by atoms with Crippen LogP contribution in [0.15, 0.2) is 42.6 Å². The summed E-state index contributed by atoms with van der Waals surface area (Å²) in [6.45, 7) is 1.33. The van der Waals surface area contributed by atoms with Crippen LogP contribution in [-0.4, -0.2) is 42.0 Å². The summed E-state index contributed by atoms with van der Waals surface area (Å²) in [4.78, 5) is 29.7. The summed E-state index contributed by atoms with van der Waals surface area (Å²) in [6, 6.07) is 11.4. The third-order valence-corrected chi connectivity index (χ3v) is 4.31. The van der Waals surface area contributed by atoms with Gasteiger partial charge >= 0.3 is 6.03 Å². The van der Waals surface area contributed by atoms with Crippen LogP contribution in [0.5, 0.6) is 5.88 Å². The summed E-state index contributed by atoms with van der Waals surface area (Å²) < 4.78 is 4.99. The zero-order chi connectivity index (χ0) is 17.8. The minimum atomic E-state index is -0.661. The first kappa shape index (κ1) is 16.8. The Balaban J connectivity index is 1.67. The van der Waals surface area contributed by atoms with E-state index < -0.39 is 5.91 Å². The Kier molecular flexibility index (Phi) is 4.83. The van der Waals surface area contributed by atoms with Gasteiger partial charge in [-0.1, -0.05) is 30.3 Å². The average Bonchev–Trinajstić information content (AvgIpc) is 3.12. The molecule has 1 aromatic carbocycles. The van der Waals surface area contributed by atoms with Crippen molar-refractivity contribution in [2.75, 3.05) is 25.5 Å². The predicted octanol–water partition coefficient (Wildman–Crippen LogP) is 2.21. The normalized spacial score (nSPS) is 16.5. The lowest BCUT2D eigenvalue weighted by molar-refractivity contribution is 0.0996. The second-order valence-electron chi connectivity index (χ2n) is 5.92. The minimum absolute atomic E-state index is 0.129. The first-order valence-corrected chi connectivity index (χ1v) is 8.03. The fourth-order valence-corrected chi connectivity index (χ4v) is 3.00. The van der Waals surface area contributed by atoms with Gasteiger partial charge in [0.25, 0.3) is 5.91 Å². The van der Waals surface area contributed by atoms with Crippen molar-refractivity contribution in [1.82, 2.24) is 9.88 Å². The number of carbonyl (C=O) groups excluding carboxylic acids is 2. The molecule has 7 nitrogen and oxygen atoms in total. The van der Waals surface area contributed by atoms with Crippen LogP contribution >= 0.6 is 0 Å². The maximum absolute atomic E-state index is 12.5. The van der Waals surface area contributed by atoms with E-state index in [9.17, 15) is 9.59 Å². The maximum atomic E-state index is 12.5. The second-order valence-corrected chi connectivity index (χ2v) is 5.92. The Morgan fingerprint density at radius 2 is 2.08 bits per heavy atom. The highest BCUT2D eigenvalue weighted by Crippen LogP contribution is 2.27. The lowest BCUT2D eigenvalue weighted by atomic mass is 9.99. The molecule has 0 spiro atoms. The first-order valence-electron chi connectivity index (χ1n) is 8.03. The summed E-state index contributed by atoms with van der Waals surface area (Å²) in [5.41, 5.74) is 7.08. The van der Waals surface area contributed by atoms with E-state index in [1.165, 1.54) is 24.9 Å². The molecule has 0 aliphatic carbocycles. The van der Waals surface area contributed by atoms with Gasteiger partial charge < -0.3 is 20.7 Å². The van der Waals surface area contributed by atoms with Crippen LogP contribution in [0.4, 0.5) is 10.5 Å². The van der Waals surface area contributed by atoms with Gasteiger partial charge in [-0.05, 0) is 18.1 Å². The number of urea groups is 1. The molecule has 130 valence electrons. The highest BCUT2D eigenvalue weighted by atomic mass is 16.5. The second kappa shape index (κ2) is 7.21. The molecular formula is C18H20N4O3. The monoisotopic (exact) mass is 340 g/mol. The molecule has 1 saturated heterocycles. The van der Waals surface area contributed by atoms with E-state index >= 15 is 0 Å². The average molecular weight is 340 g/mol. The molecule has 0 unspecified atom stereocenters. The molecule has 0 bridgehead atoms. The number of rotatable bonds is 4. The molecule has 3 N–H and O–H groups in total. The summed E-state index contributed by atoms with van der Waals surface area (Å²) >= 11 is 0. The first-order chi connectivity index (χ1) is 12.1. The predicted molar refractivity (Wildman–Crippen MR) is 93.7 cm³/mol. The van der Waals surface area contributed by atoms with Crippen LogP contribution < -0.4 is 15.8 Å². The van der Waals surface area contributed by atoms with Gasteiger partial charge in [0.15, 0.2) is 0 Å². The topological polar surface area (TPSA) is 97.6 Å². The minimum Gasteiger partial charge on any atom is -0.480 e. The lowest BCUT2D eigenvalue weighted by Gasteiger charge is -2.18. The molecule has 25 heavy (non-hydrogen) atoms. The summed E-state index contributed by atoms with van der Waals surface area (Å²) in [5, 5.41) is 2.76. The van der Waals surface area contributed by atoms with E-state index in [0.29, 0.717) is 24.7 Å². The molecule has 3 amide bonds. The third-order valence-electron chi connectivity index (χ3n) is 4.31. The molecule has 1 aliphatic rings. The molecule has 7 heteroatoms. The fraction of sp³-hybridized carbons (Fsp3) is 0.278. The number of hydrogen-bond donors (Lipinski definition) is 2. The molecule has 1 atom stereocenters. The number of amides is 3. The van der Waals surface area contributed by atoms with E-state index in [0.717, 1.165) is 6.42 Å². The van der Waals surface area contributed by atoms with Gasteiger partial charge in [-0.3, -0.25) is 4.79 Å². The van der Waals surface area contributed by atoms with Crippen LogP contribution in [0.2, 0.25) is 0 Å². The van der Waals surface area contributed by atoms with E-state index in [1.54, 1.807) is 4.90 Å². The van der Waals surface area contributed by atoms with E-state index in [2.05, 4.69) is 22.4 Å². The third kappa shape index (κ3) is 3.71. The summed E-state index contributed by atoms with van der Waals surface area (Å²) in [5.74, 6) is -0.191. The Bertz CT molecular complexity index is 779.